The van der Waals surface area contributed by atoms with Gasteiger partial charge in [0.1, 0.15) is 8.67 Å². The Kier molecular flexibility index (Phi) is 5.08. The molecule has 78 valence electrons. The third kappa shape index (κ3) is 8.88. The predicted molar refractivity (Wildman–Crippen MR) is 57.6 cm³/mol. The molecule has 0 saturated carbocycles. The molecule has 0 atom stereocenters. The monoisotopic (exact) mass is 266 g/mol. The van der Waals surface area contributed by atoms with Gasteiger partial charge in [0.15, 0.2) is 0 Å². The van der Waals surface area contributed by atoms with Gasteiger partial charge in [-0.3, -0.25) is 5.01 Å². The summed E-state index contributed by atoms with van der Waals surface area (Å²) in [5.74, 6) is 0. The standard InChI is InChI=1S/C6H10Cl4N2O/c1-5(7,8)3-12(11-13)4-6(2,9)10/h3-4H2,1-2H3. The molecule has 13 heavy (non-hydrogen) atoms. The van der Waals surface area contributed by atoms with Gasteiger partial charge in [0, 0.05) is 0 Å². The highest BCUT2D eigenvalue weighted by Gasteiger charge is 2.27. The van der Waals surface area contributed by atoms with Crippen molar-refractivity contribution in [1.29, 1.82) is 0 Å². The van der Waals surface area contributed by atoms with Gasteiger partial charge in [0.2, 0.25) is 0 Å². The van der Waals surface area contributed by atoms with Crippen LogP contribution in [0.5, 0.6) is 0 Å². The smallest absolute Gasteiger partial charge is 0.134 e. The van der Waals surface area contributed by atoms with Crippen molar-refractivity contribution in [3.05, 3.63) is 4.91 Å². The van der Waals surface area contributed by atoms with Gasteiger partial charge < -0.3 is 0 Å². The molecule has 0 radical (unpaired) electrons. The first kappa shape index (κ1) is 13.6. The lowest BCUT2D eigenvalue weighted by Crippen LogP contribution is -2.36. The number of hydrogen-bond donors (Lipinski definition) is 0. The molecular formula is C6H10Cl4N2O. The van der Waals surface area contributed by atoms with Crippen LogP contribution in [0.4, 0.5) is 0 Å². The molecule has 0 fully saturated rings. The van der Waals surface area contributed by atoms with Crippen molar-refractivity contribution < 1.29 is 0 Å². The minimum absolute atomic E-state index is 0.0780. The van der Waals surface area contributed by atoms with Crippen LogP contribution < -0.4 is 0 Å². The molecule has 0 spiro atoms. The quantitative estimate of drug-likeness (QED) is 0.435. The Morgan fingerprint density at radius 1 is 1.08 bits per heavy atom. The summed E-state index contributed by atoms with van der Waals surface area (Å²) in [6, 6.07) is 0. The molecule has 0 aromatic carbocycles. The molecule has 0 aromatic heterocycles. The Bertz CT molecular complexity index is 158. The molecular weight excluding hydrogens is 258 g/mol. The topological polar surface area (TPSA) is 32.7 Å². The Morgan fingerprint density at radius 3 is 1.54 bits per heavy atom. The molecule has 0 N–H and O–H groups in total. The first-order valence-electron chi connectivity index (χ1n) is 3.48. The molecule has 0 aliphatic carbocycles. The highest BCUT2D eigenvalue weighted by Crippen LogP contribution is 2.25. The van der Waals surface area contributed by atoms with Crippen LogP contribution in [0.1, 0.15) is 13.8 Å². The summed E-state index contributed by atoms with van der Waals surface area (Å²) in [5, 5.41) is 3.79. The Labute approximate surface area is 97.2 Å². The van der Waals surface area contributed by atoms with E-state index in [0.29, 0.717) is 0 Å². The van der Waals surface area contributed by atoms with E-state index < -0.39 is 8.67 Å². The number of hydrogen-bond acceptors (Lipinski definition) is 2. The summed E-state index contributed by atoms with van der Waals surface area (Å²) in [7, 11) is 0. The van der Waals surface area contributed by atoms with Crippen LogP contribution in [0, 0.1) is 4.91 Å². The van der Waals surface area contributed by atoms with Gasteiger partial charge in [-0.05, 0) is 13.8 Å². The van der Waals surface area contributed by atoms with Crippen molar-refractivity contribution in [2.45, 2.75) is 22.5 Å². The molecule has 0 heterocycles. The minimum Gasteiger partial charge on any atom is -0.255 e. The van der Waals surface area contributed by atoms with E-state index in [1.807, 2.05) is 0 Å². The maximum atomic E-state index is 10.3. The van der Waals surface area contributed by atoms with Crippen molar-refractivity contribution in [1.82, 2.24) is 5.01 Å². The van der Waals surface area contributed by atoms with Gasteiger partial charge >= 0.3 is 0 Å². The first-order chi connectivity index (χ1) is 5.64. The molecule has 0 amide bonds. The number of halogens is 4. The number of nitroso groups, excluding NO2 is 1. The molecule has 0 saturated heterocycles. The average molecular weight is 268 g/mol. The Hall–Kier alpha value is 0.560. The van der Waals surface area contributed by atoms with Gasteiger partial charge in [-0.15, -0.1) is 4.91 Å². The summed E-state index contributed by atoms with van der Waals surface area (Å²) in [6.45, 7) is 3.26. The van der Waals surface area contributed by atoms with Gasteiger partial charge in [-0.25, -0.2) is 0 Å². The fraction of sp³-hybridized carbons (Fsp3) is 1.00. The first-order valence-corrected chi connectivity index (χ1v) is 4.99. The second-order valence-corrected chi connectivity index (χ2v) is 6.77. The summed E-state index contributed by atoms with van der Waals surface area (Å²) in [5.41, 5.74) is 0. The molecule has 0 aliphatic heterocycles. The predicted octanol–water partition coefficient (Wildman–Crippen LogP) is 3.36. The van der Waals surface area contributed by atoms with E-state index in [9.17, 15) is 4.91 Å². The van der Waals surface area contributed by atoms with Crippen LogP contribution in [0.15, 0.2) is 5.29 Å². The van der Waals surface area contributed by atoms with Gasteiger partial charge in [0.25, 0.3) is 0 Å². The Balaban J connectivity index is 4.13. The second kappa shape index (κ2) is 4.87. The van der Waals surface area contributed by atoms with Crippen LogP contribution in [-0.2, 0) is 0 Å². The van der Waals surface area contributed by atoms with Gasteiger partial charge in [0.05, 0.1) is 18.4 Å². The third-order valence-corrected chi connectivity index (χ3v) is 1.51. The van der Waals surface area contributed by atoms with E-state index in [-0.39, 0.29) is 13.1 Å². The molecule has 0 rings (SSSR count). The van der Waals surface area contributed by atoms with Crippen molar-refractivity contribution in [2.24, 2.45) is 5.29 Å². The Morgan fingerprint density at radius 2 is 1.38 bits per heavy atom. The van der Waals surface area contributed by atoms with Crippen LogP contribution in [0.3, 0.4) is 0 Å². The highest BCUT2D eigenvalue weighted by molar-refractivity contribution is 6.48. The van der Waals surface area contributed by atoms with E-state index in [4.69, 9.17) is 46.4 Å². The fourth-order valence-corrected chi connectivity index (χ4v) is 1.31. The lowest BCUT2D eigenvalue weighted by atomic mass is 10.4. The number of alkyl halides is 4. The molecule has 0 aromatic rings. The maximum absolute atomic E-state index is 10.3. The molecule has 0 bridgehead atoms. The van der Waals surface area contributed by atoms with Crippen LogP contribution >= 0.6 is 46.4 Å². The lowest BCUT2D eigenvalue weighted by Gasteiger charge is -2.25. The zero-order chi connectivity index (χ0) is 10.7. The third-order valence-electron chi connectivity index (χ3n) is 1.04. The second-order valence-electron chi connectivity index (χ2n) is 3.04. The van der Waals surface area contributed by atoms with E-state index in [2.05, 4.69) is 5.29 Å². The minimum atomic E-state index is -1.05. The zero-order valence-electron chi connectivity index (χ0n) is 7.23. The average Bonchev–Trinajstić information content (AvgIpc) is 1.79. The van der Waals surface area contributed by atoms with Crippen LogP contribution in [0.2, 0.25) is 0 Å². The summed E-state index contributed by atoms with van der Waals surface area (Å²) >= 11 is 22.7. The summed E-state index contributed by atoms with van der Waals surface area (Å²) in [6.07, 6.45) is 0. The lowest BCUT2D eigenvalue weighted by molar-refractivity contribution is 0.273. The van der Waals surface area contributed by atoms with Crippen molar-refractivity contribution >= 4 is 46.4 Å². The van der Waals surface area contributed by atoms with Crippen molar-refractivity contribution in [2.75, 3.05) is 13.1 Å². The summed E-state index contributed by atoms with van der Waals surface area (Å²) < 4.78 is -2.10. The SMILES string of the molecule is CC(Cl)(Cl)CN(CC(C)(Cl)Cl)N=O. The largest absolute Gasteiger partial charge is 0.255 e. The van der Waals surface area contributed by atoms with Gasteiger partial charge in [-0.1, -0.05) is 46.4 Å². The fourth-order valence-electron chi connectivity index (χ4n) is 0.755. The molecule has 0 unspecified atom stereocenters. The normalized spacial score (nSPS) is 12.8. The van der Waals surface area contributed by atoms with E-state index >= 15 is 0 Å². The summed E-state index contributed by atoms with van der Waals surface area (Å²) in [4.78, 5) is 10.3. The van der Waals surface area contributed by atoms with Gasteiger partial charge in [-0.2, -0.15) is 0 Å². The maximum Gasteiger partial charge on any atom is 0.134 e. The zero-order valence-corrected chi connectivity index (χ0v) is 10.3. The van der Waals surface area contributed by atoms with Crippen molar-refractivity contribution in [3.8, 4) is 0 Å². The van der Waals surface area contributed by atoms with E-state index in [0.717, 1.165) is 5.01 Å². The molecule has 7 heteroatoms. The van der Waals surface area contributed by atoms with Crippen molar-refractivity contribution in [3.63, 3.8) is 0 Å². The van der Waals surface area contributed by atoms with E-state index in [1.165, 1.54) is 0 Å². The molecule has 3 nitrogen and oxygen atoms in total. The number of nitrogens with zero attached hydrogens (tertiary/aromatic N) is 2. The number of rotatable bonds is 5. The highest BCUT2D eigenvalue weighted by atomic mass is 35.5. The van der Waals surface area contributed by atoms with E-state index in [1.54, 1.807) is 13.8 Å². The van der Waals surface area contributed by atoms with Crippen LogP contribution in [-0.4, -0.2) is 26.8 Å². The molecule has 0 aliphatic rings. The van der Waals surface area contributed by atoms with Crippen LogP contribution in [0.25, 0.3) is 0 Å².